The van der Waals surface area contributed by atoms with E-state index in [1.165, 1.54) is 5.56 Å². The van der Waals surface area contributed by atoms with Crippen LogP contribution in [-0.4, -0.2) is 23.7 Å². The van der Waals surface area contributed by atoms with Gasteiger partial charge in [0.25, 0.3) is 5.91 Å². The van der Waals surface area contributed by atoms with E-state index >= 15 is 0 Å². The summed E-state index contributed by atoms with van der Waals surface area (Å²) in [4.78, 5) is 16.7. The maximum atomic E-state index is 12.2. The molecule has 0 atom stereocenters. The molecule has 1 heterocycles. The highest BCUT2D eigenvalue weighted by Gasteiger charge is 2.13. The first kappa shape index (κ1) is 21.3. The molecule has 0 saturated heterocycles. The largest absolute Gasteiger partial charge is 0.490 e. The van der Waals surface area contributed by atoms with E-state index in [1.807, 2.05) is 43.3 Å². The Morgan fingerprint density at radius 3 is 2.70 bits per heavy atom. The number of rotatable bonds is 8. The van der Waals surface area contributed by atoms with Crippen molar-refractivity contribution in [2.24, 2.45) is 5.10 Å². The number of thiazole rings is 1. The average Bonchev–Trinajstić information content (AvgIpc) is 3.07. The minimum atomic E-state index is -0.346. The molecule has 1 amide bonds. The standard InChI is InChI=1S/C22H24N4O3S/c1-4-28-19-11-16(12-24-26-21(27)20-15(3)25-22(23)30-20)9-10-18(19)29-13-17-8-6-5-7-14(17)2/h5-12H,4,13H2,1-3H3,(H2,23,25)(H,26,27). The first-order valence-corrected chi connectivity index (χ1v) is 10.3. The summed E-state index contributed by atoms with van der Waals surface area (Å²) in [7, 11) is 0. The summed E-state index contributed by atoms with van der Waals surface area (Å²) in [6.07, 6.45) is 1.55. The number of carbonyl (C=O) groups excluding carboxylic acids is 1. The van der Waals surface area contributed by atoms with Crippen LogP contribution >= 0.6 is 11.3 Å². The number of ether oxygens (including phenoxy) is 2. The van der Waals surface area contributed by atoms with Crippen molar-refractivity contribution in [2.75, 3.05) is 12.3 Å². The van der Waals surface area contributed by atoms with E-state index in [1.54, 1.807) is 13.1 Å². The summed E-state index contributed by atoms with van der Waals surface area (Å²) in [5.41, 5.74) is 11.8. The fraction of sp³-hybridized carbons (Fsp3) is 0.227. The van der Waals surface area contributed by atoms with Gasteiger partial charge in [-0.05, 0) is 55.7 Å². The molecule has 30 heavy (non-hydrogen) atoms. The number of nitrogens with one attached hydrogen (secondary N) is 1. The number of anilines is 1. The fourth-order valence-electron chi connectivity index (χ4n) is 2.76. The third-order valence-electron chi connectivity index (χ3n) is 4.31. The number of nitrogen functional groups attached to an aromatic ring is 1. The molecule has 0 aliphatic heterocycles. The van der Waals surface area contributed by atoms with Crippen molar-refractivity contribution in [2.45, 2.75) is 27.4 Å². The molecule has 0 saturated carbocycles. The van der Waals surface area contributed by atoms with Gasteiger partial charge in [-0.1, -0.05) is 35.6 Å². The van der Waals surface area contributed by atoms with E-state index < -0.39 is 0 Å². The van der Waals surface area contributed by atoms with Gasteiger partial charge in [0.2, 0.25) is 0 Å². The molecule has 8 heteroatoms. The van der Waals surface area contributed by atoms with Crippen LogP contribution in [0.25, 0.3) is 0 Å². The van der Waals surface area contributed by atoms with Crippen LogP contribution < -0.4 is 20.6 Å². The van der Waals surface area contributed by atoms with Gasteiger partial charge in [-0.25, -0.2) is 10.4 Å². The van der Waals surface area contributed by atoms with Crippen LogP contribution in [0.2, 0.25) is 0 Å². The SMILES string of the molecule is CCOc1cc(C=NNC(=O)c2sc(N)nc2C)ccc1OCc1ccccc1C. The first-order valence-electron chi connectivity index (χ1n) is 9.48. The van der Waals surface area contributed by atoms with Crippen LogP contribution in [0.1, 0.15) is 39.0 Å². The van der Waals surface area contributed by atoms with Gasteiger partial charge in [0, 0.05) is 0 Å². The smallest absolute Gasteiger partial charge is 0.283 e. The van der Waals surface area contributed by atoms with Crippen molar-refractivity contribution < 1.29 is 14.3 Å². The van der Waals surface area contributed by atoms with E-state index in [0.717, 1.165) is 22.5 Å². The van der Waals surface area contributed by atoms with Gasteiger partial charge < -0.3 is 15.2 Å². The Bertz CT molecular complexity index is 1060. The highest BCUT2D eigenvalue weighted by atomic mass is 32.1. The highest BCUT2D eigenvalue weighted by Crippen LogP contribution is 2.29. The molecule has 0 aliphatic rings. The number of nitrogens with zero attached hydrogens (tertiary/aromatic N) is 2. The van der Waals surface area contributed by atoms with Crippen molar-refractivity contribution >= 4 is 28.6 Å². The number of hydrogen-bond acceptors (Lipinski definition) is 7. The molecule has 0 fully saturated rings. The van der Waals surface area contributed by atoms with Crippen molar-refractivity contribution in [3.63, 3.8) is 0 Å². The monoisotopic (exact) mass is 424 g/mol. The van der Waals surface area contributed by atoms with Gasteiger partial charge in [-0.2, -0.15) is 5.10 Å². The molecule has 3 rings (SSSR count). The number of nitrogens with two attached hydrogens (primary N) is 1. The number of aryl methyl sites for hydroxylation is 2. The highest BCUT2D eigenvalue weighted by molar-refractivity contribution is 7.17. The minimum absolute atomic E-state index is 0.346. The van der Waals surface area contributed by atoms with Crippen LogP contribution in [0, 0.1) is 13.8 Å². The lowest BCUT2D eigenvalue weighted by molar-refractivity contribution is 0.0958. The van der Waals surface area contributed by atoms with Crippen LogP contribution in [0.15, 0.2) is 47.6 Å². The van der Waals surface area contributed by atoms with E-state index in [4.69, 9.17) is 15.2 Å². The zero-order valence-corrected chi connectivity index (χ0v) is 18.0. The summed E-state index contributed by atoms with van der Waals surface area (Å²) in [5, 5.41) is 4.37. The molecule has 156 valence electrons. The van der Waals surface area contributed by atoms with E-state index in [2.05, 4.69) is 28.5 Å². The Kier molecular flexibility index (Phi) is 7.03. The van der Waals surface area contributed by atoms with Crippen molar-refractivity contribution in [3.05, 3.63) is 69.7 Å². The Hall–Kier alpha value is -3.39. The number of aromatic nitrogens is 1. The summed E-state index contributed by atoms with van der Waals surface area (Å²) in [6, 6.07) is 13.6. The topological polar surface area (TPSA) is 98.8 Å². The predicted molar refractivity (Wildman–Crippen MR) is 119 cm³/mol. The number of carbonyl (C=O) groups is 1. The Morgan fingerprint density at radius 1 is 1.20 bits per heavy atom. The van der Waals surface area contributed by atoms with E-state index in [9.17, 15) is 4.79 Å². The van der Waals surface area contributed by atoms with Crippen molar-refractivity contribution in [3.8, 4) is 11.5 Å². The Morgan fingerprint density at radius 2 is 2.00 bits per heavy atom. The summed E-state index contributed by atoms with van der Waals surface area (Å²) in [6.45, 7) is 6.65. The molecular formula is C22H24N4O3S. The Balaban J connectivity index is 1.68. The average molecular weight is 425 g/mol. The van der Waals surface area contributed by atoms with Gasteiger partial charge in [0.15, 0.2) is 16.6 Å². The molecule has 1 aromatic heterocycles. The summed E-state index contributed by atoms with van der Waals surface area (Å²) in [5.74, 6) is 0.922. The number of benzene rings is 2. The van der Waals surface area contributed by atoms with E-state index in [-0.39, 0.29) is 5.91 Å². The molecule has 0 unspecified atom stereocenters. The van der Waals surface area contributed by atoms with Gasteiger partial charge >= 0.3 is 0 Å². The third-order valence-corrected chi connectivity index (χ3v) is 5.30. The van der Waals surface area contributed by atoms with Crippen LogP contribution in [-0.2, 0) is 6.61 Å². The zero-order valence-electron chi connectivity index (χ0n) is 17.1. The third kappa shape index (κ3) is 5.36. The second kappa shape index (κ2) is 9.89. The fourth-order valence-corrected chi connectivity index (χ4v) is 3.49. The molecule has 0 aliphatic carbocycles. The molecule has 0 radical (unpaired) electrons. The summed E-state index contributed by atoms with van der Waals surface area (Å²) < 4.78 is 11.7. The summed E-state index contributed by atoms with van der Waals surface area (Å²) >= 11 is 1.13. The van der Waals surface area contributed by atoms with Gasteiger partial charge in [-0.15, -0.1) is 0 Å². The zero-order chi connectivity index (χ0) is 21.5. The number of amides is 1. The lowest BCUT2D eigenvalue weighted by Crippen LogP contribution is -2.17. The van der Waals surface area contributed by atoms with E-state index in [0.29, 0.717) is 40.4 Å². The van der Waals surface area contributed by atoms with Gasteiger partial charge in [0.05, 0.1) is 18.5 Å². The van der Waals surface area contributed by atoms with Crippen molar-refractivity contribution in [1.29, 1.82) is 0 Å². The first-order chi connectivity index (χ1) is 14.5. The van der Waals surface area contributed by atoms with Crippen LogP contribution in [0.5, 0.6) is 11.5 Å². The van der Waals surface area contributed by atoms with Crippen LogP contribution in [0.4, 0.5) is 5.13 Å². The minimum Gasteiger partial charge on any atom is -0.490 e. The molecule has 2 aromatic carbocycles. The molecule has 0 bridgehead atoms. The number of hydrazone groups is 1. The lowest BCUT2D eigenvalue weighted by atomic mass is 10.1. The molecule has 3 N–H and O–H groups in total. The number of hydrogen-bond donors (Lipinski definition) is 2. The molecular weight excluding hydrogens is 400 g/mol. The maximum Gasteiger partial charge on any atom is 0.283 e. The predicted octanol–water partition coefficient (Wildman–Crippen LogP) is 4.08. The molecule has 7 nitrogen and oxygen atoms in total. The Labute approximate surface area is 179 Å². The van der Waals surface area contributed by atoms with Crippen molar-refractivity contribution in [1.82, 2.24) is 10.4 Å². The maximum absolute atomic E-state index is 12.2. The second-order valence-electron chi connectivity index (χ2n) is 6.52. The normalized spacial score (nSPS) is 10.9. The molecule has 3 aromatic rings. The quantitative estimate of drug-likeness (QED) is 0.419. The van der Waals surface area contributed by atoms with Crippen LogP contribution in [0.3, 0.4) is 0 Å². The van der Waals surface area contributed by atoms with Gasteiger partial charge in [0.1, 0.15) is 11.5 Å². The lowest BCUT2D eigenvalue weighted by Gasteiger charge is -2.13. The van der Waals surface area contributed by atoms with Gasteiger partial charge in [-0.3, -0.25) is 4.79 Å². The second-order valence-corrected chi connectivity index (χ2v) is 7.55. The molecule has 0 spiro atoms.